The first-order valence-electron chi connectivity index (χ1n) is 10.1. The number of nitrogens with zero attached hydrogens (tertiary/aromatic N) is 3. The first-order valence-corrected chi connectivity index (χ1v) is 10.1. The highest BCUT2D eigenvalue weighted by Crippen LogP contribution is 2.43. The number of nitrogen functional groups attached to an aromatic ring is 1. The van der Waals surface area contributed by atoms with Crippen LogP contribution in [0.2, 0.25) is 0 Å². The number of rotatable bonds is 2. The van der Waals surface area contributed by atoms with Crippen LogP contribution in [-0.4, -0.2) is 28.2 Å². The second-order valence-electron chi connectivity index (χ2n) is 8.74. The van der Waals surface area contributed by atoms with Crippen molar-refractivity contribution < 1.29 is 4.39 Å². The molecule has 0 bridgehead atoms. The number of halogens is 1. The van der Waals surface area contributed by atoms with Gasteiger partial charge in [-0.15, -0.1) is 0 Å². The van der Waals surface area contributed by atoms with Crippen LogP contribution in [0.1, 0.15) is 49.1 Å². The number of hydrogen-bond donors (Lipinski definition) is 2. The van der Waals surface area contributed by atoms with Gasteiger partial charge in [0.1, 0.15) is 0 Å². The van der Waals surface area contributed by atoms with E-state index in [2.05, 4.69) is 4.90 Å². The van der Waals surface area contributed by atoms with Crippen LogP contribution in [0.3, 0.4) is 0 Å². The maximum Gasteiger partial charge on any atom is 0.354 e. The number of fused-ring (bicyclic) bond motifs is 2. The van der Waals surface area contributed by atoms with Gasteiger partial charge in [0.05, 0.1) is 17.4 Å². The van der Waals surface area contributed by atoms with Crippen LogP contribution in [0.5, 0.6) is 0 Å². The van der Waals surface area contributed by atoms with Gasteiger partial charge in [-0.3, -0.25) is 9.20 Å². The average Bonchev–Trinajstić information content (AvgIpc) is 3.40. The van der Waals surface area contributed by atoms with E-state index in [0.717, 1.165) is 45.2 Å². The van der Waals surface area contributed by atoms with Crippen molar-refractivity contribution in [3.8, 4) is 0 Å². The summed E-state index contributed by atoms with van der Waals surface area (Å²) in [4.78, 5) is 27.3. The van der Waals surface area contributed by atoms with Crippen molar-refractivity contribution in [3.63, 3.8) is 0 Å². The molecule has 3 atom stereocenters. The molecule has 7 nitrogen and oxygen atoms in total. The standard InChI is InChI=1S/C20H26FN5O2/c1-10-17(24-7-12-3-2-4-15(22)13(12)8-24)14(21)9-25-18(10)16(11-5-6-11)19(27)26(23)20(25)28/h9,11-13,15H,2-8,22-23H2,1H3. The molecule has 3 aliphatic rings. The van der Waals surface area contributed by atoms with E-state index >= 15 is 4.39 Å². The van der Waals surface area contributed by atoms with Gasteiger partial charge >= 0.3 is 5.69 Å². The topological polar surface area (TPSA) is 98.8 Å². The van der Waals surface area contributed by atoms with Crippen molar-refractivity contribution in [2.75, 3.05) is 23.8 Å². The summed E-state index contributed by atoms with van der Waals surface area (Å²) >= 11 is 0. The fourth-order valence-electron chi connectivity index (χ4n) is 5.46. The zero-order valence-corrected chi connectivity index (χ0v) is 16.0. The summed E-state index contributed by atoms with van der Waals surface area (Å²) in [5.74, 6) is 6.16. The zero-order chi connectivity index (χ0) is 19.7. The fourth-order valence-corrected chi connectivity index (χ4v) is 5.46. The minimum atomic E-state index is -0.713. The Morgan fingerprint density at radius 2 is 1.89 bits per heavy atom. The number of anilines is 1. The van der Waals surface area contributed by atoms with E-state index in [4.69, 9.17) is 11.6 Å². The van der Waals surface area contributed by atoms with Gasteiger partial charge in [0.25, 0.3) is 5.56 Å². The van der Waals surface area contributed by atoms with E-state index in [1.165, 1.54) is 10.6 Å². The molecule has 1 saturated heterocycles. The minimum Gasteiger partial charge on any atom is -0.368 e. The second kappa shape index (κ2) is 6.07. The molecule has 2 aromatic rings. The molecule has 2 saturated carbocycles. The van der Waals surface area contributed by atoms with Crippen LogP contribution in [0.4, 0.5) is 10.1 Å². The fraction of sp³-hybridized carbons (Fsp3) is 0.600. The van der Waals surface area contributed by atoms with Crippen LogP contribution in [-0.2, 0) is 0 Å². The van der Waals surface area contributed by atoms with Crippen molar-refractivity contribution in [1.29, 1.82) is 0 Å². The van der Waals surface area contributed by atoms with Crippen LogP contribution in [0.25, 0.3) is 5.52 Å². The van der Waals surface area contributed by atoms with E-state index < -0.39 is 17.1 Å². The van der Waals surface area contributed by atoms with Crippen LogP contribution >= 0.6 is 0 Å². The van der Waals surface area contributed by atoms with Gasteiger partial charge in [-0.2, -0.15) is 4.68 Å². The van der Waals surface area contributed by atoms with Gasteiger partial charge < -0.3 is 16.5 Å². The summed E-state index contributed by atoms with van der Waals surface area (Å²) in [7, 11) is 0. The smallest absolute Gasteiger partial charge is 0.354 e. The minimum absolute atomic E-state index is 0.0875. The van der Waals surface area contributed by atoms with E-state index in [-0.39, 0.29) is 12.0 Å². The highest BCUT2D eigenvalue weighted by atomic mass is 19.1. The first-order chi connectivity index (χ1) is 13.4. The molecule has 5 rings (SSSR count). The maximum absolute atomic E-state index is 15.2. The molecule has 0 amide bonds. The number of nitrogens with two attached hydrogens (primary N) is 2. The SMILES string of the molecule is Cc1c(N2CC3CCCC(N)C3C2)c(F)cn2c(=O)n(N)c(=O)c(C3CC3)c12. The molecule has 28 heavy (non-hydrogen) atoms. The zero-order valence-electron chi connectivity index (χ0n) is 16.0. The lowest BCUT2D eigenvalue weighted by Gasteiger charge is -2.29. The Kier molecular flexibility index (Phi) is 3.84. The van der Waals surface area contributed by atoms with Crippen LogP contribution in [0, 0.1) is 24.6 Å². The molecule has 8 heteroatoms. The molecule has 0 radical (unpaired) electrons. The molecule has 4 N–H and O–H groups in total. The third-order valence-corrected chi connectivity index (χ3v) is 6.99. The van der Waals surface area contributed by atoms with E-state index in [0.29, 0.717) is 38.8 Å². The first kappa shape index (κ1) is 17.7. The molecule has 2 aliphatic carbocycles. The second-order valence-corrected chi connectivity index (χ2v) is 8.74. The molecule has 3 fully saturated rings. The van der Waals surface area contributed by atoms with Crippen molar-refractivity contribution in [2.24, 2.45) is 17.6 Å². The predicted molar refractivity (Wildman–Crippen MR) is 106 cm³/mol. The lowest BCUT2D eigenvalue weighted by atomic mass is 9.78. The lowest BCUT2D eigenvalue weighted by molar-refractivity contribution is 0.260. The van der Waals surface area contributed by atoms with Gasteiger partial charge in [-0.25, -0.2) is 9.18 Å². The number of aromatic nitrogens is 2. The summed E-state index contributed by atoms with van der Waals surface area (Å²) in [6.45, 7) is 3.29. The molecular formula is C20H26FN5O2. The van der Waals surface area contributed by atoms with Gasteiger partial charge in [0.15, 0.2) is 5.82 Å². The Morgan fingerprint density at radius 1 is 1.14 bits per heavy atom. The van der Waals surface area contributed by atoms with Gasteiger partial charge in [-0.05, 0) is 50.4 Å². The summed E-state index contributed by atoms with van der Waals surface area (Å²) in [5.41, 5.74) is 7.35. The number of hydrogen-bond acceptors (Lipinski definition) is 5. The Balaban J connectivity index is 1.71. The Hall–Kier alpha value is -2.35. The van der Waals surface area contributed by atoms with Crippen LogP contribution in [0.15, 0.2) is 15.8 Å². The van der Waals surface area contributed by atoms with Crippen molar-refractivity contribution >= 4 is 11.2 Å². The summed E-state index contributed by atoms with van der Waals surface area (Å²) in [6.07, 6.45) is 6.22. The average molecular weight is 387 g/mol. The normalized spacial score (nSPS) is 27.4. The molecule has 3 heterocycles. The predicted octanol–water partition coefficient (Wildman–Crippen LogP) is 1.06. The van der Waals surface area contributed by atoms with Gasteiger partial charge in [0, 0.05) is 30.3 Å². The summed E-state index contributed by atoms with van der Waals surface area (Å²) < 4.78 is 17.0. The molecule has 2 aromatic heterocycles. The third-order valence-electron chi connectivity index (χ3n) is 6.99. The molecular weight excluding hydrogens is 361 g/mol. The maximum atomic E-state index is 15.2. The van der Waals surface area contributed by atoms with Gasteiger partial charge in [0.2, 0.25) is 0 Å². The number of pyridine rings is 1. The highest BCUT2D eigenvalue weighted by Gasteiger charge is 2.40. The van der Waals surface area contributed by atoms with Crippen molar-refractivity contribution in [1.82, 2.24) is 9.08 Å². The Labute approximate surface area is 161 Å². The largest absolute Gasteiger partial charge is 0.368 e. The molecule has 0 spiro atoms. The molecule has 0 aromatic carbocycles. The Morgan fingerprint density at radius 3 is 2.57 bits per heavy atom. The third kappa shape index (κ3) is 2.43. The molecule has 3 unspecified atom stereocenters. The summed E-state index contributed by atoms with van der Waals surface area (Å²) in [5, 5.41) is 0. The molecule has 1 aliphatic heterocycles. The van der Waals surface area contributed by atoms with E-state index in [1.54, 1.807) is 6.92 Å². The van der Waals surface area contributed by atoms with E-state index in [9.17, 15) is 9.59 Å². The monoisotopic (exact) mass is 387 g/mol. The van der Waals surface area contributed by atoms with Crippen molar-refractivity contribution in [2.45, 2.75) is 51.0 Å². The number of aryl methyl sites for hydroxylation is 1. The van der Waals surface area contributed by atoms with Crippen LogP contribution < -0.4 is 27.7 Å². The quantitative estimate of drug-likeness (QED) is 0.751. The highest BCUT2D eigenvalue weighted by molar-refractivity contribution is 5.72. The van der Waals surface area contributed by atoms with E-state index in [1.807, 2.05) is 0 Å². The molecule has 150 valence electrons. The van der Waals surface area contributed by atoms with Gasteiger partial charge in [-0.1, -0.05) is 6.42 Å². The summed E-state index contributed by atoms with van der Waals surface area (Å²) in [6, 6.07) is 0.154. The Bertz CT molecular complexity index is 1090. The van der Waals surface area contributed by atoms with Crippen molar-refractivity contribution in [3.05, 3.63) is 44.0 Å². The lowest BCUT2D eigenvalue weighted by Crippen LogP contribution is -2.44.